The molecule has 3 aromatic rings. The van der Waals surface area contributed by atoms with E-state index < -0.39 is 28.2 Å². The van der Waals surface area contributed by atoms with E-state index >= 15 is 0 Å². The van der Waals surface area contributed by atoms with Gasteiger partial charge in [-0.25, -0.2) is 9.80 Å². The second-order valence-corrected chi connectivity index (χ2v) is 9.16. The van der Waals surface area contributed by atoms with Gasteiger partial charge in [0.25, 0.3) is 0 Å². The molecule has 9 heteroatoms. The van der Waals surface area contributed by atoms with Crippen molar-refractivity contribution in [1.82, 2.24) is 5.01 Å². The van der Waals surface area contributed by atoms with E-state index in [0.29, 0.717) is 17.0 Å². The van der Waals surface area contributed by atoms with Gasteiger partial charge < -0.3 is 5.32 Å². The Hall–Kier alpha value is -2.84. The maximum absolute atomic E-state index is 13.2. The van der Waals surface area contributed by atoms with Gasteiger partial charge in [-0.05, 0) is 48.9 Å². The largest absolute Gasteiger partial charge is 0.417 e. The van der Waals surface area contributed by atoms with E-state index in [1.165, 1.54) is 17.1 Å². The molecule has 170 valence electrons. The third kappa shape index (κ3) is 4.77. The summed E-state index contributed by atoms with van der Waals surface area (Å²) >= 11 is 9.33. The van der Waals surface area contributed by atoms with E-state index in [0.717, 1.165) is 16.1 Å². The molecule has 1 atom stereocenters. The van der Waals surface area contributed by atoms with Gasteiger partial charge in [-0.15, -0.1) is 0 Å². The first-order chi connectivity index (χ1) is 15.6. The maximum Gasteiger partial charge on any atom is 0.417 e. The quantitative estimate of drug-likeness (QED) is 0.374. The molecular formula is C24H18BrClF3N3O. The molecule has 1 aliphatic heterocycles. The average molecular weight is 537 g/mol. The van der Waals surface area contributed by atoms with Crippen molar-refractivity contribution in [3.63, 3.8) is 0 Å². The van der Waals surface area contributed by atoms with Gasteiger partial charge in [0, 0.05) is 15.7 Å². The van der Waals surface area contributed by atoms with Gasteiger partial charge in [-0.1, -0.05) is 63.9 Å². The Labute approximate surface area is 202 Å². The fourth-order valence-electron chi connectivity index (χ4n) is 3.78. The van der Waals surface area contributed by atoms with Crippen LogP contribution in [0.1, 0.15) is 23.6 Å². The van der Waals surface area contributed by atoms with Crippen LogP contribution in [0, 0.1) is 0 Å². The van der Waals surface area contributed by atoms with Crippen molar-refractivity contribution >= 4 is 45.0 Å². The molecule has 3 aromatic carbocycles. The van der Waals surface area contributed by atoms with Crippen LogP contribution in [0.2, 0.25) is 5.02 Å². The summed E-state index contributed by atoms with van der Waals surface area (Å²) in [5, 5.41) is 8.19. The molecule has 0 spiro atoms. The van der Waals surface area contributed by atoms with Gasteiger partial charge in [0.1, 0.15) is 0 Å². The van der Waals surface area contributed by atoms with Gasteiger partial charge in [-0.2, -0.15) is 18.3 Å². The second kappa shape index (κ2) is 8.83. The van der Waals surface area contributed by atoms with Crippen LogP contribution in [-0.2, 0) is 11.6 Å². The van der Waals surface area contributed by atoms with Crippen molar-refractivity contribution < 1.29 is 18.0 Å². The van der Waals surface area contributed by atoms with E-state index in [2.05, 4.69) is 26.3 Å². The van der Waals surface area contributed by atoms with Crippen LogP contribution in [-0.4, -0.2) is 23.3 Å². The molecule has 0 fully saturated rings. The number of carbonyl (C=O) groups is 1. The van der Waals surface area contributed by atoms with Crippen molar-refractivity contribution in [3.05, 3.63) is 99.0 Å². The lowest BCUT2D eigenvalue weighted by atomic mass is 9.76. The molecule has 0 saturated carbocycles. The first-order valence-corrected chi connectivity index (χ1v) is 11.1. The van der Waals surface area contributed by atoms with E-state index in [9.17, 15) is 18.0 Å². The third-order valence-electron chi connectivity index (χ3n) is 5.50. The predicted molar refractivity (Wildman–Crippen MR) is 127 cm³/mol. The van der Waals surface area contributed by atoms with Crippen molar-refractivity contribution in [1.29, 1.82) is 0 Å². The Morgan fingerprint density at radius 2 is 1.76 bits per heavy atom. The summed E-state index contributed by atoms with van der Waals surface area (Å²) in [6.45, 7) is 2.10. The molecule has 1 N–H and O–H groups in total. The first kappa shape index (κ1) is 23.3. The molecule has 1 heterocycles. The number of urea groups is 1. The molecular weight excluding hydrogens is 519 g/mol. The van der Waals surface area contributed by atoms with Crippen LogP contribution in [0.3, 0.4) is 0 Å². The van der Waals surface area contributed by atoms with Crippen molar-refractivity contribution in [3.8, 4) is 0 Å². The Kier molecular flexibility index (Phi) is 6.24. The maximum atomic E-state index is 13.2. The number of hydrazone groups is 1. The van der Waals surface area contributed by atoms with Gasteiger partial charge in [0.05, 0.1) is 28.3 Å². The summed E-state index contributed by atoms with van der Waals surface area (Å²) in [5.74, 6) is 0. The highest BCUT2D eigenvalue weighted by atomic mass is 79.9. The van der Waals surface area contributed by atoms with Crippen LogP contribution < -0.4 is 5.32 Å². The Morgan fingerprint density at radius 3 is 2.36 bits per heavy atom. The topological polar surface area (TPSA) is 44.7 Å². The minimum atomic E-state index is -4.56. The number of hydrogen-bond acceptors (Lipinski definition) is 2. The summed E-state index contributed by atoms with van der Waals surface area (Å²) in [6, 6.07) is 19.6. The molecule has 0 saturated heterocycles. The number of amides is 2. The molecule has 0 aliphatic carbocycles. The van der Waals surface area contributed by atoms with E-state index in [-0.39, 0.29) is 6.54 Å². The number of nitrogens with zero attached hydrogens (tertiary/aromatic N) is 2. The molecule has 1 unspecified atom stereocenters. The van der Waals surface area contributed by atoms with Crippen LogP contribution in [0.4, 0.5) is 23.7 Å². The zero-order valence-electron chi connectivity index (χ0n) is 17.3. The molecule has 0 bridgehead atoms. The summed E-state index contributed by atoms with van der Waals surface area (Å²) in [6.07, 6.45) is -4.56. The summed E-state index contributed by atoms with van der Waals surface area (Å²) < 4.78 is 40.5. The number of nitrogens with one attached hydrogen (secondary N) is 1. The van der Waals surface area contributed by atoms with Crippen molar-refractivity contribution in [2.45, 2.75) is 18.5 Å². The lowest BCUT2D eigenvalue weighted by Gasteiger charge is -2.27. The molecule has 4 nitrogen and oxygen atoms in total. The highest BCUT2D eigenvalue weighted by Gasteiger charge is 2.43. The normalized spacial score (nSPS) is 18.2. The predicted octanol–water partition coefficient (Wildman–Crippen LogP) is 7.33. The van der Waals surface area contributed by atoms with Crippen molar-refractivity contribution in [2.24, 2.45) is 5.10 Å². The highest BCUT2D eigenvalue weighted by molar-refractivity contribution is 9.10. The standard InChI is InChI=1S/C24H18BrClF3N3O/c1-23(16-5-3-2-4-6-16)14-32(22(33)30-18-10-8-17(25)9-11-18)31-21(23)15-7-12-19(20(26)13-15)24(27,28)29/h2-13H,14H2,1H3,(H,30,33). The monoisotopic (exact) mass is 535 g/mol. The number of anilines is 1. The number of benzene rings is 3. The second-order valence-electron chi connectivity index (χ2n) is 7.83. The highest BCUT2D eigenvalue weighted by Crippen LogP contribution is 2.39. The van der Waals surface area contributed by atoms with E-state index in [1.54, 1.807) is 24.3 Å². The van der Waals surface area contributed by atoms with Gasteiger partial charge in [0.15, 0.2) is 0 Å². The molecule has 2 amide bonds. The Balaban J connectivity index is 1.72. The molecule has 0 radical (unpaired) electrons. The number of halogens is 5. The minimum Gasteiger partial charge on any atom is -0.306 e. The number of carbonyl (C=O) groups excluding carboxylic acids is 1. The van der Waals surface area contributed by atoms with Crippen LogP contribution >= 0.6 is 27.5 Å². The first-order valence-electron chi connectivity index (χ1n) is 9.94. The number of alkyl halides is 3. The lowest BCUT2D eigenvalue weighted by Crippen LogP contribution is -2.38. The zero-order chi connectivity index (χ0) is 23.8. The molecule has 33 heavy (non-hydrogen) atoms. The third-order valence-corrected chi connectivity index (χ3v) is 6.34. The van der Waals surface area contributed by atoms with Crippen molar-refractivity contribution in [2.75, 3.05) is 11.9 Å². The average Bonchev–Trinajstić information content (AvgIpc) is 3.14. The van der Waals surface area contributed by atoms with Crippen LogP contribution in [0.15, 0.2) is 82.4 Å². The van der Waals surface area contributed by atoms with Gasteiger partial charge >= 0.3 is 12.2 Å². The fourth-order valence-corrected chi connectivity index (χ4v) is 4.33. The van der Waals surface area contributed by atoms with Gasteiger partial charge in [0.2, 0.25) is 0 Å². The van der Waals surface area contributed by atoms with Crippen LogP contribution in [0.5, 0.6) is 0 Å². The molecule has 4 rings (SSSR count). The summed E-state index contributed by atoms with van der Waals surface area (Å²) in [5.41, 5.74) is 0.650. The fraction of sp³-hybridized carbons (Fsp3) is 0.167. The van der Waals surface area contributed by atoms with Crippen LogP contribution in [0.25, 0.3) is 0 Å². The minimum absolute atomic E-state index is 0.202. The number of hydrogen-bond donors (Lipinski definition) is 1. The molecule has 0 aromatic heterocycles. The van der Waals surface area contributed by atoms with E-state index in [1.807, 2.05) is 37.3 Å². The Morgan fingerprint density at radius 1 is 1.09 bits per heavy atom. The Bertz CT molecular complexity index is 1220. The summed E-state index contributed by atoms with van der Waals surface area (Å²) in [4.78, 5) is 13.0. The van der Waals surface area contributed by atoms with E-state index in [4.69, 9.17) is 11.6 Å². The summed E-state index contributed by atoms with van der Waals surface area (Å²) in [7, 11) is 0. The number of rotatable bonds is 3. The smallest absolute Gasteiger partial charge is 0.306 e. The zero-order valence-corrected chi connectivity index (χ0v) is 19.7. The lowest BCUT2D eigenvalue weighted by molar-refractivity contribution is -0.137. The van der Waals surface area contributed by atoms with Gasteiger partial charge in [-0.3, -0.25) is 0 Å². The molecule has 1 aliphatic rings. The SMILES string of the molecule is CC1(c2ccccc2)CN(C(=O)Nc2ccc(Br)cc2)N=C1c1ccc(C(F)(F)F)c(Cl)c1.